The number of amides is 1. The van der Waals surface area contributed by atoms with E-state index >= 15 is 0 Å². The van der Waals surface area contributed by atoms with Crippen LogP contribution in [-0.2, 0) is 10.2 Å². The number of halogens is 1. The number of hydrogen-bond donors (Lipinski definition) is 2. The summed E-state index contributed by atoms with van der Waals surface area (Å²) in [5.41, 5.74) is 3.22. The minimum Gasteiger partial charge on any atom is -0.372 e. The van der Waals surface area contributed by atoms with Crippen LogP contribution in [0, 0.1) is 5.82 Å². The first-order valence-electron chi connectivity index (χ1n) is 10.1. The predicted molar refractivity (Wildman–Crippen MR) is 110 cm³/mol. The van der Waals surface area contributed by atoms with Gasteiger partial charge in [0, 0.05) is 41.6 Å². The Kier molecular flexibility index (Phi) is 4.11. The molecule has 0 unspecified atom stereocenters. The van der Waals surface area contributed by atoms with Crippen LogP contribution in [0.4, 0.5) is 15.8 Å². The number of carbonyl (C=O) groups is 1. The number of fused-ring (bicyclic) bond motifs is 1. The highest BCUT2D eigenvalue weighted by molar-refractivity contribution is 6.04. The zero-order chi connectivity index (χ0) is 19.1. The molecular formula is C23H24FN3O. The first-order valence-corrected chi connectivity index (χ1v) is 10.1. The summed E-state index contributed by atoms with van der Waals surface area (Å²) in [5, 5.41) is 3.88. The Morgan fingerprint density at radius 2 is 1.79 bits per heavy atom. The average molecular weight is 377 g/mol. The zero-order valence-electron chi connectivity index (χ0n) is 15.8. The van der Waals surface area contributed by atoms with Crippen molar-refractivity contribution in [1.29, 1.82) is 0 Å². The number of hydrogen-bond acceptors (Lipinski definition) is 2. The summed E-state index contributed by atoms with van der Waals surface area (Å²) in [4.78, 5) is 18.7. The number of aromatic nitrogens is 1. The van der Waals surface area contributed by atoms with Gasteiger partial charge in [0.1, 0.15) is 5.82 Å². The zero-order valence-corrected chi connectivity index (χ0v) is 15.8. The highest BCUT2D eigenvalue weighted by Crippen LogP contribution is 2.51. The fraction of sp³-hybridized carbons (Fsp3) is 0.348. The Balaban J connectivity index is 1.35. The van der Waals surface area contributed by atoms with Gasteiger partial charge in [-0.05, 0) is 80.1 Å². The summed E-state index contributed by atoms with van der Waals surface area (Å²) in [6.45, 7) is 2.21. The van der Waals surface area contributed by atoms with E-state index in [1.165, 1.54) is 37.1 Å². The van der Waals surface area contributed by atoms with Gasteiger partial charge in [0.05, 0.1) is 5.41 Å². The van der Waals surface area contributed by atoms with Gasteiger partial charge in [-0.1, -0.05) is 0 Å². The van der Waals surface area contributed by atoms with E-state index in [1.807, 2.05) is 18.3 Å². The largest absolute Gasteiger partial charge is 0.372 e. The van der Waals surface area contributed by atoms with E-state index in [0.717, 1.165) is 48.1 Å². The lowest BCUT2D eigenvalue weighted by atomic mass is 9.94. The number of aromatic amines is 1. The minimum atomic E-state index is -0.558. The van der Waals surface area contributed by atoms with E-state index < -0.39 is 5.41 Å². The Morgan fingerprint density at radius 3 is 2.50 bits per heavy atom. The molecule has 0 atom stereocenters. The van der Waals surface area contributed by atoms with Crippen LogP contribution in [0.1, 0.15) is 37.7 Å². The van der Waals surface area contributed by atoms with Crippen molar-refractivity contribution in [3.8, 4) is 0 Å². The molecule has 4 nitrogen and oxygen atoms in total. The molecule has 1 aliphatic heterocycles. The highest BCUT2D eigenvalue weighted by atomic mass is 19.1. The number of nitrogens with one attached hydrogen (secondary N) is 2. The smallest absolute Gasteiger partial charge is 0.235 e. The van der Waals surface area contributed by atoms with Crippen molar-refractivity contribution in [3.63, 3.8) is 0 Å². The summed E-state index contributed by atoms with van der Waals surface area (Å²) in [6.07, 6.45) is 7.22. The number of nitrogens with zero attached hydrogens (tertiary/aromatic N) is 1. The monoisotopic (exact) mass is 377 g/mol. The minimum absolute atomic E-state index is 0.0108. The molecule has 5 rings (SSSR count). The second kappa shape index (κ2) is 6.66. The van der Waals surface area contributed by atoms with Crippen LogP contribution in [0.2, 0.25) is 0 Å². The van der Waals surface area contributed by atoms with E-state index in [0.29, 0.717) is 0 Å². The number of anilines is 2. The molecule has 2 aromatic carbocycles. The number of carbonyl (C=O) groups excluding carboxylic acids is 1. The van der Waals surface area contributed by atoms with Crippen LogP contribution in [0.25, 0.3) is 10.9 Å². The SMILES string of the molecule is O=C(Nc1ccc(N2CCCCC2)cc1)C1(c2c[nH]c3ccc(F)cc23)CC1. The molecule has 1 saturated carbocycles. The van der Waals surface area contributed by atoms with Crippen molar-refractivity contribution in [2.24, 2.45) is 0 Å². The van der Waals surface area contributed by atoms with E-state index in [1.54, 1.807) is 6.07 Å². The van der Waals surface area contributed by atoms with Gasteiger partial charge in [0.2, 0.25) is 5.91 Å². The summed E-state index contributed by atoms with van der Waals surface area (Å²) >= 11 is 0. The van der Waals surface area contributed by atoms with Crippen molar-refractivity contribution in [2.45, 2.75) is 37.5 Å². The molecule has 0 radical (unpaired) electrons. The number of H-pyrrole nitrogens is 1. The molecule has 0 bridgehead atoms. The summed E-state index contributed by atoms with van der Waals surface area (Å²) < 4.78 is 13.7. The molecule has 1 saturated heterocycles. The van der Waals surface area contributed by atoms with Crippen LogP contribution in [0.3, 0.4) is 0 Å². The van der Waals surface area contributed by atoms with Gasteiger partial charge in [0.25, 0.3) is 0 Å². The van der Waals surface area contributed by atoms with Crippen LogP contribution >= 0.6 is 0 Å². The third-order valence-corrected chi connectivity index (χ3v) is 6.19. The second-order valence-electron chi connectivity index (χ2n) is 8.02. The van der Waals surface area contributed by atoms with Crippen molar-refractivity contribution < 1.29 is 9.18 Å². The van der Waals surface area contributed by atoms with E-state index in [9.17, 15) is 9.18 Å². The molecule has 5 heteroatoms. The Morgan fingerprint density at radius 1 is 1.04 bits per heavy atom. The number of rotatable bonds is 4. The van der Waals surface area contributed by atoms with Crippen molar-refractivity contribution in [3.05, 3.63) is 60.0 Å². The van der Waals surface area contributed by atoms with Crippen LogP contribution in [0.15, 0.2) is 48.7 Å². The lowest BCUT2D eigenvalue weighted by Crippen LogP contribution is -2.29. The molecule has 1 aliphatic carbocycles. The third kappa shape index (κ3) is 2.95. The van der Waals surface area contributed by atoms with Crippen LogP contribution in [-0.4, -0.2) is 24.0 Å². The highest BCUT2D eigenvalue weighted by Gasteiger charge is 2.52. The van der Waals surface area contributed by atoms with Crippen LogP contribution in [0.5, 0.6) is 0 Å². The van der Waals surface area contributed by atoms with E-state index in [-0.39, 0.29) is 11.7 Å². The lowest BCUT2D eigenvalue weighted by Gasteiger charge is -2.29. The summed E-state index contributed by atoms with van der Waals surface area (Å²) in [6, 6.07) is 12.8. The molecule has 2 heterocycles. The number of piperidine rings is 1. The molecule has 1 amide bonds. The van der Waals surface area contributed by atoms with Gasteiger partial charge in [-0.25, -0.2) is 4.39 Å². The maximum Gasteiger partial charge on any atom is 0.235 e. The quantitative estimate of drug-likeness (QED) is 0.675. The maximum absolute atomic E-state index is 13.7. The molecular weight excluding hydrogens is 353 g/mol. The van der Waals surface area contributed by atoms with Gasteiger partial charge >= 0.3 is 0 Å². The van der Waals surface area contributed by atoms with Gasteiger partial charge in [-0.3, -0.25) is 4.79 Å². The van der Waals surface area contributed by atoms with Gasteiger partial charge in [-0.15, -0.1) is 0 Å². The van der Waals surface area contributed by atoms with Crippen molar-refractivity contribution >= 4 is 28.2 Å². The fourth-order valence-corrected chi connectivity index (χ4v) is 4.39. The summed E-state index contributed by atoms with van der Waals surface area (Å²) in [5.74, 6) is -0.291. The standard InChI is InChI=1S/C23H24FN3O/c24-16-4-9-21-19(14-16)20(15-25-21)23(10-11-23)22(28)26-17-5-7-18(8-6-17)27-12-2-1-3-13-27/h4-9,14-15,25H,1-3,10-13H2,(H,26,28). The van der Waals surface area contributed by atoms with Crippen molar-refractivity contribution in [2.75, 3.05) is 23.3 Å². The van der Waals surface area contributed by atoms with Crippen LogP contribution < -0.4 is 10.2 Å². The molecule has 2 aliphatic rings. The lowest BCUT2D eigenvalue weighted by molar-refractivity contribution is -0.118. The Bertz CT molecular complexity index is 1010. The third-order valence-electron chi connectivity index (χ3n) is 6.19. The normalized spacial score (nSPS) is 18.2. The predicted octanol–water partition coefficient (Wildman–Crippen LogP) is 4.97. The topological polar surface area (TPSA) is 48.1 Å². The number of benzene rings is 2. The Labute approximate surface area is 163 Å². The van der Waals surface area contributed by atoms with Gasteiger partial charge < -0.3 is 15.2 Å². The summed E-state index contributed by atoms with van der Waals surface area (Å²) in [7, 11) is 0. The first-order chi connectivity index (χ1) is 13.7. The molecule has 0 spiro atoms. The van der Waals surface area contributed by atoms with Crippen molar-refractivity contribution in [1.82, 2.24) is 4.98 Å². The second-order valence-corrected chi connectivity index (χ2v) is 8.02. The Hall–Kier alpha value is -2.82. The average Bonchev–Trinajstić information content (AvgIpc) is 3.43. The molecule has 28 heavy (non-hydrogen) atoms. The molecule has 3 aromatic rings. The molecule has 144 valence electrons. The first kappa shape index (κ1) is 17.3. The molecule has 2 fully saturated rings. The van der Waals surface area contributed by atoms with E-state index in [4.69, 9.17) is 0 Å². The fourth-order valence-electron chi connectivity index (χ4n) is 4.39. The van der Waals surface area contributed by atoms with Gasteiger partial charge in [0.15, 0.2) is 0 Å². The molecule has 2 N–H and O–H groups in total. The van der Waals surface area contributed by atoms with E-state index in [2.05, 4.69) is 27.3 Å². The maximum atomic E-state index is 13.7. The molecule has 1 aromatic heterocycles. The van der Waals surface area contributed by atoms with Gasteiger partial charge in [-0.2, -0.15) is 0 Å².